The van der Waals surface area contributed by atoms with Crippen LogP contribution in [0.1, 0.15) is 17.5 Å². The predicted octanol–water partition coefficient (Wildman–Crippen LogP) is 1.92. The van der Waals surface area contributed by atoms with E-state index in [1.165, 1.54) is 12.1 Å². The summed E-state index contributed by atoms with van der Waals surface area (Å²) in [5, 5.41) is 8.78. The number of likely N-dealkylation sites (tertiary alicyclic amines) is 1. The molecule has 4 heteroatoms. The molecule has 1 heterocycles. The molecule has 0 N–H and O–H groups in total. The van der Waals surface area contributed by atoms with Crippen LogP contribution in [0.15, 0.2) is 18.2 Å². The Balaban J connectivity index is 2.04. The van der Waals surface area contributed by atoms with Crippen LogP contribution in [0, 0.1) is 17.1 Å². The molecule has 1 unspecified atom stereocenters. The SMILES string of the molecule is COC1CCN(Cc2cc(F)cc(C#N)c2)C1. The molecule has 0 spiro atoms. The van der Waals surface area contributed by atoms with Crippen molar-refractivity contribution in [3.8, 4) is 6.07 Å². The monoisotopic (exact) mass is 234 g/mol. The summed E-state index contributed by atoms with van der Waals surface area (Å²) >= 11 is 0. The van der Waals surface area contributed by atoms with E-state index in [2.05, 4.69) is 4.90 Å². The number of ether oxygens (including phenoxy) is 1. The minimum absolute atomic E-state index is 0.277. The van der Waals surface area contributed by atoms with Gasteiger partial charge in [0.2, 0.25) is 0 Å². The third-order valence-corrected chi connectivity index (χ3v) is 3.06. The minimum atomic E-state index is -0.346. The Morgan fingerprint density at radius 2 is 2.35 bits per heavy atom. The number of halogens is 1. The average molecular weight is 234 g/mol. The lowest BCUT2D eigenvalue weighted by Gasteiger charge is -2.15. The lowest BCUT2D eigenvalue weighted by atomic mass is 10.1. The predicted molar refractivity (Wildman–Crippen MR) is 61.8 cm³/mol. The lowest BCUT2D eigenvalue weighted by Crippen LogP contribution is -2.22. The zero-order valence-electron chi connectivity index (χ0n) is 9.82. The highest BCUT2D eigenvalue weighted by Gasteiger charge is 2.21. The first-order valence-electron chi connectivity index (χ1n) is 5.66. The second-order valence-electron chi connectivity index (χ2n) is 4.34. The number of benzene rings is 1. The van der Waals surface area contributed by atoms with E-state index in [0.29, 0.717) is 12.1 Å². The Bertz CT molecular complexity index is 442. The molecule has 90 valence electrons. The van der Waals surface area contributed by atoms with Crippen LogP contribution in [0.25, 0.3) is 0 Å². The Labute approximate surface area is 100 Å². The van der Waals surface area contributed by atoms with Gasteiger partial charge in [-0.05, 0) is 30.2 Å². The average Bonchev–Trinajstić information content (AvgIpc) is 2.76. The summed E-state index contributed by atoms with van der Waals surface area (Å²) in [6, 6.07) is 6.45. The van der Waals surface area contributed by atoms with Gasteiger partial charge in [0, 0.05) is 26.7 Å². The molecule has 1 aliphatic rings. The zero-order valence-corrected chi connectivity index (χ0v) is 9.82. The molecule has 1 aromatic carbocycles. The number of nitriles is 1. The van der Waals surface area contributed by atoms with Gasteiger partial charge in [0.15, 0.2) is 0 Å². The van der Waals surface area contributed by atoms with Crippen LogP contribution < -0.4 is 0 Å². The Kier molecular flexibility index (Phi) is 3.72. The number of hydrogen-bond acceptors (Lipinski definition) is 3. The van der Waals surface area contributed by atoms with Crippen LogP contribution in [-0.4, -0.2) is 31.2 Å². The van der Waals surface area contributed by atoms with Gasteiger partial charge in [0.25, 0.3) is 0 Å². The summed E-state index contributed by atoms with van der Waals surface area (Å²) in [5.41, 5.74) is 1.22. The van der Waals surface area contributed by atoms with Gasteiger partial charge in [-0.2, -0.15) is 5.26 Å². The normalized spacial score (nSPS) is 20.4. The highest BCUT2D eigenvalue weighted by atomic mass is 19.1. The summed E-state index contributed by atoms with van der Waals surface area (Å²) in [6.45, 7) is 2.50. The smallest absolute Gasteiger partial charge is 0.124 e. The van der Waals surface area contributed by atoms with Gasteiger partial charge in [-0.3, -0.25) is 4.90 Å². The summed E-state index contributed by atoms with van der Waals surface area (Å²) in [5.74, 6) is -0.346. The molecular weight excluding hydrogens is 219 g/mol. The molecule has 0 aliphatic carbocycles. The molecule has 1 fully saturated rings. The highest BCUT2D eigenvalue weighted by Crippen LogP contribution is 2.17. The molecule has 17 heavy (non-hydrogen) atoms. The zero-order chi connectivity index (χ0) is 12.3. The Hall–Kier alpha value is -1.44. The molecule has 0 radical (unpaired) electrons. The molecule has 3 nitrogen and oxygen atoms in total. The van der Waals surface area contributed by atoms with Crippen LogP contribution in [0.2, 0.25) is 0 Å². The van der Waals surface area contributed by atoms with Gasteiger partial charge in [-0.25, -0.2) is 4.39 Å². The van der Waals surface area contributed by atoms with E-state index in [1.807, 2.05) is 6.07 Å². The fraction of sp³-hybridized carbons (Fsp3) is 0.462. The van der Waals surface area contributed by atoms with Gasteiger partial charge in [0.1, 0.15) is 5.82 Å². The van der Waals surface area contributed by atoms with E-state index >= 15 is 0 Å². The van der Waals surface area contributed by atoms with Crippen LogP contribution in [0.5, 0.6) is 0 Å². The summed E-state index contributed by atoms with van der Waals surface area (Å²) in [6.07, 6.45) is 1.29. The fourth-order valence-corrected chi connectivity index (χ4v) is 2.20. The van der Waals surface area contributed by atoms with E-state index in [4.69, 9.17) is 10.00 Å². The Morgan fingerprint density at radius 3 is 3.00 bits per heavy atom. The number of rotatable bonds is 3. The minimum Gasteiger partial charge on any atom is -0.380 e. The second kappa shape index (κ2) is 5.26. The maximum absolute atomic E-state index is 13.2. The topological polar surface area (TPSA) is 36.3 Å². The van der Waals surface area contributed by atoms with Gasteiger partial charge >= 0.3 is 0 Å². The largest absolute Gasteiger partial charge is 0.380 e. The number of hydrogen-bond donors (Lipinski definition) is 0. The second-order valence-corrected chi connectivity index (χ2v) is 4.34. The molecule has 1 aliphatic heterocycles. The molecule has 0 aromatic heterocycles. The number of nitrogens with zero attached hydrogens (tertiary/aromatic N) is 2. The van der Waals surface area contributed by atoms with E-state index in [0.717, 1.165) is 25.1 Å². The first-order valence-corrected chi connectivity index (χ1v) is 5.66. The first kappa shape index (κ1) is 12.0. The molecule has 0 amide bonds. The lowest BCUT2D eigenvalue weighted by molar-refractivity contribution is 0.107. The molecule has 1 saturated heterocycles. The van der Waals surface area contributed by atoms with Gasteiger partial charge < -0.3 is 4.74 Å². The maximum Gasteiger partial charge on any atom is 0.124 e. The van der Waals surface area contributed by atoms with Gasteiger partial charge in [0.05, 0.1) is 17.7 Å². The summed E-state index contributed by atoms with van der Waals surface area (Å²) in [7, 11) is 1.71. The third-order valence-electron chi connectivity index (χ3n) is 3.06. The first-order chi connectivity index (χ1) is 8.21. The van der Waals surface area contributed by atoms with Crippen LogP contribution in [-0.2, 0) is 11.3 Å². The molecule has 2 rings (SSSR count). The molecule has 0 saturated carbocycles. The van der Waals surface area contributed by atoms with Crippen molar-refractivity contribution in [2.75, 3.05) is 20.2 Å². The molecule has 1 aromatic rings. The molecule has 1 atom stereocenters. The van der Waals surface area contributed by atoms with Crippen molar-refractivity contribution in [2.45, 2.75) is 19.1 Å². The quantitative estimate of drug-likeness (QED) is 0.801. The fourth-order valence-electron chi connectivity index (χ4n) is 2.20. The van der Waals surface area contributed by atoms with Crippen molar-refractivity contribution < 1.29 is 9.13 Å². The highest BCUT2D eigenvalue weighted by molar-refractivity contribution is 5.33. The van der Waals surface area contributed by atoms with Crippen LogP contribution in [0.4, 0.5) is 4.39 Å². The number of methoxy groups -OCH3 is 1. The summed E-state index contributed by atoms with van der Waals surface area (Å²) < 4.78 is 18.5. The molecule has 0 bridgehead atoms. The molecular formula is C13H15FN2O. The van der Waals surface area contributed by atoms with E-state index in [1.54, 1.807) is 13.2 Å². The van der Waals surface area contributed by atoms with Crippen molar-refractivity contribution in [3.05, 3.63) is 35.1 Å². The van der Waals surface area contributed by atoms with Crippen molar-refractivity contribution in [3.63, 3.8) is 0 Å². The van der Waals surface area contributed by atoms with Crippen LogP contribution in [0.3, 0.4) is 0 Å². The van der Waals surface area contributed by atoms with Gasteiger partial charge in [-0.15, -0.1) is 0 Å². The van der Waals surface area contributed by atoms with E-state index in [9.17, 15) is 4.39 Å². The van der Waals surface area contributed by atoms with Crippen molar-refractivity contribution in [2.24, 2.45) is 0 Å². The van der Waals surface area contributed by atoms with Crippen molar-refractivity contribution in [1.82, 2.24) is 4.90 Å². The van der Waals surface area contributed by atoms with Crippen molar-refractivity contribution >= 4 is 0 Å². The Morgan fingerprint density at radius 1 is 1.53 bits per heavy atom. The third kappa shape index (κ3) is 3.02. The van der Waals surface area contributed by atoms with Gasteiger partial charge in [-0.1, -0.05) is 0 Å². The van der Waals surface area contributed by atoms with E-state index < -0.39 is 0 Å². The summed E-state index contributed by atoms with van der Waals surface area (Å²) in [4.78, 5) is 2.21. The van der Waals surface area contributed by atoms with E-state index in [-0.39, 0.29) is 11.9 Å². The maximum atomic E-state index is 13.2. The van der Waals surface area contributed by atoms with Crippen molar-refractivity contribution in [1.29, 1.82) is 5.26 Å². The standard InChI is InChI=1S/C13H15FN2O/c1-17-13-2-3-16(9-13)8-11-4-10(7-15)5-12(14)6-11/h4-6,13H,2-3,8-9H2,1H3. The van der Waals surface area contributed by atoms with Crippen LogP contribution >= 0.6 is 0 Å².